The third kappa shape index (κ3) is 11.0. The average molecular weight is 425 g/mol. The van der Waals surface area contributed by atoms with Crippen molar-refractivity contribution in [2.45, 2.75) is 123 Å². The number of rotatable bonds is 19. The van der Waals surface area contributed by atoms with E-state index in [2.05, 4.69) is 59.9 Å². The quantitative estimate of drug-likeness (QED) is 0.205. The van der Waals surface area contributed by atoms with Gasteiger partial charge in [0.25, 0.3) is 0 Å². The monoisotopic (exact) mass is 424 g/mol. The number of aromatic nitrogens is 2. The fourth-order valence-corrected chi connectivity index (χ4v) is 4.93. The second-order valence-electron chi connectivity index (χ2n) is 9.47. The predicted molar refractivity (Wildman–Crippen MR) is 136 cm³/mol. The van der Waals surface area contributed by atoms with Gasteiger partial charge in [-0.25, -0.2) is 4.98 Å². The number of imidazole rings is 1. The van der Waals surface area contributed by atoms with Gasteiger partial charge in [0, 0.05) is 18.4 Å². The van der Waals surface area contributed by atoms with Gasteiger partial charge in [0.1, 0.15) is 0 Å². The zero-order valence-electron chi connectivity index (χ0n) is 20.5. The molecule has 0 saturated carbocycles. The molecule has 0 aliphatic carbocycles. The van der Waals surface area contributed by atoms with Crippen LogP contribution in [0.4, 0.5) is 0 Å². The van der Waals surface area contributed by atoms with Crippen LogP contribution >= 0.6 is 0 Å². The smallest absolute Gasteiger partial charge is 0.0948 e. The first-order valence-corrected chi connectivity index (χ1v) is 13.4. The Hall–Kier alpha value is -1.57. The fraction of sp³-hybridized carbons (Fsp3) is 0.690. The predicted octanol–water partition coefficient (Wildman–Crippen LogP) is 9.17. The summed E-state index contributed by atoms with van der Waals surface area (Å²) < 4.78 is 2.37. The maximum absolute atomic E-state index is 4.34. The highest BCUT2D eigenvalue weighted by Gasteiger charge is 2.21. The molecule has 0 bridgehead atoms. The highest BCUT2D eigenvalue weighted by Crippen LogP contribution is 2.30. The lowest BCUT2D eigenvalue weighted by molar-refractivity contribution is 0.290. The van der Waals surface area contributed by atoms with Crippen molar-refractivity contribution in [2.24, 2.45) is 5.92 Å². The van der Waals surface area contributed by atoms with E-state index in [0.29, 0.717) is 12.0 Å². The van der Waals surface area contributed by atoms with Crippen LogP contribution in [0.1, 0.15) is 122 Å². The summed E-state index contributed by atoms with van der Waals surface area (Å²) >= 11 is 0. The molecule has 1 heterocycles. The van der Waals surface area contributed by atoms with Crippen molar-refractivity contribution in [3.8, 4) is 0 Å². The molecule has 2 aromatic rings. The minimum Gasteiger partial charge on any atom is -0.334 e. The van der Waals surface area contributed by atoms with Crippen LogP contribution in [0.2, 0.25) is 0 Å². The summed E-state index contributed by atoms with van der Waals surface area (Å²) in [5, 5.41) is 0. The summed E-state index contributed by atoms with van der Waals surface area (Å²) in [6.45, 7) is 4.64. The number of unbranched alkanes of at least 4 members (excludes halogenated alkanes) is 12. The van der Waals surface area contributed by atoms with Crippen molar-refractivity contribution in [1.29, 1.82) is 0 Å². The number of hydrogen-bond donors (Lipinski definition) is 0. The molecule has 2 atom stereocenters. The van der Waals surface area contributed by atoms with Gasteiger partial charge in [-0.15, -0.1) is 0 Å². The van der Waals surface area contributed by atoms with Gasteiger partial charge in [-0.1, -0.05) is 134 Å². The summed E-state index contributed by atoms with van der Waals surface area (Å²) in [7, 11) is 0. The Morgan fingerprint density at radius 3 is 1.84 bits per heavy atom. The molecule has 2 nitrogen and oxygen atoms in total. The third-order valence-corrected chi connectivity index (χ3v) is 6.92. The van der Waals surface area contributed by atoms with Crippen LogP contribution in [0.15, 0.2) is 49.1 Å². The lowest BCUT2D eigenvalue weighted by Gasteiger charge is -2.28. The zero-order valence-corrected chi connectivity index (χ0v) is 20.5. The summed E-state index contributed by atoms with van der Waals surface area (Å²) in [4.78, 5) is 4.34. The van der Waals surface area contributed by atoms with Crippen molar-refractivity contribution in [2.75, 3.05) is 0 Å². The van der Waals surface area contributed by atoms with Gasteiger partial charge in [-0.2, -0.15) is 0 Å². The minimum atomic E-state index is 0.570. The maximum Gasteiger partial charge on any atom is 0.0948 e. The third-order valence-electron chi connectivity index (χ3n) is 6.92. The van der Waals surface area contributed by atoms with Gasteiger partial charge in [0.15, 0.2) is 0 Å². The van der Waals surface area contributed by atoms with Crippen LogP contribution in [-0.4, -0.2) is 9.55 Å². The van der Waals surface area contributed by atoms with Crippen LogP contribution in [0.25, 0.3) is 0 Å². The summed E-state index contributed by atoms with van der Waals surface area (Å²) in [5.74, 6) is 0.675. The second-order valence-corrected chi connectivity index (χ2v) is 9.47. The van der Waals surface area contributed by atoms with E-state index in [9.17, 15) is 0 Å². The van der Waals surface area contributed by atoms with Gasteiger partial charge in [0.2, 0.25) is 0 Å². The number of hydrogen-bond acceptors (Lipinski definition) is 1. The molecule has 2 unspecified atom stereocenters. The SMILES string of the molecule is CCCCCCCCCCCCCCCC(C(CC)Cc1ccccc1)n1ccnc1. The van der Waals surface area contributed by atoms with Gasteiger partial charge in [-0.05, 0) is 24.3 Å². The zero-order chi connectivity index (χ0) is 22.0. The minimum absolute atomic E-state index is 0.570. The van der Waals surface area contributed by atoms with Crippen LogP contribution < -0.4 is 0 Å². The van der Waals surface area contributed by atoms with Crippen molar-refractivity contribution >= 4 is 0 Å². The maximum atomic E-state index is 4.34. The Morgan fingerprint density at radius 1 is 0.742 bits per heavy atom. The van der Waals surface area contributed by atoms with Crippen molar-refractivity contribution in [1.82, 2.24) is 9.55 Å². The largest absolute Gasteiger partial charge is 0.334 e. The van der Waals surface area contributed by atoms with E-state index >= 15 is 0 Å². The molecule has 0 saturated heterocycles. The lowest BCUT2D eigenvalue weighted by Crippen LogP contribution is -2.20. The molecule has 0 radical (unpaired) electrons. The molecule has 1 aromatic heterocycles. The highest BCUT2D eigenvalue weighted by atomic mass is 15.1. The van der Waals surface area contributed by atoms with Crippen molar-refractivity contribution < 1.29 is 0 Å². The van der Waals surface area contributed by atoms with E-state index in [-0.39, 0.29) is 0 Å². The molecular weight excluding hydrogens is 376 g/mol. The first kappa shape index (κ1) is 25.7. The summed E-state index contributed by atoms with van der Waals surface area (Å²) in [6, 6.07) is 11.6. The normalized spacial score (nSPS) is 13.4. The lowest BCUT2D eigenvalue weighted by atomic mass is 9.86. The molecule has 0 fully saturated rings. The number of benzene rings is 1. The molecule has 0 aliphatic heterocycles. The fourth-order valence-electron chi connectivity index (χ4n) is 4.93. The van der Waals surface area contributed by atoms with E-state index in [1.807, 2.05) is 12.5 Å². The van der Waals surface area contributed by atoms with E-state index in [4.69, 9.17) is 0 Å². The Balaban J connectivity index is 1.62. The van der Waals surface area contributed by atoms with Crippen molar-refractivity contribution in [3.63, 3.8) is 0 Å². The van der Waals surface area contributed by atoms with Crippen LogP contribution in [0.5, 0.6) is 0 Å². The Labute approximate surface area is 192 Å². The summed E-state index contributed by atoms with van der Waals surface area (Å²) in [5.41, 5.74) is 1.46. The van der Waals surface area contributed by atoms with E-state index < -0.39 is 0 Å². The molecule has 0 aliphatic rings. The molecule has 0 amide bonds. The molecule has 2 heteroatoms. The molecule has 2 rings (SSSR count). The van der Waals surface area contributed by atoms with Gasteiger partial charge in [0.05, 0.1) is 6.33 Å². The van der Waals surface area contributed by atoms with Gasteiger partial charge in [-0.3, -0.25) is 0 Å². The van der Waals surface area contributed by atoms with Gasteiger partial charge >= 0.3 is 0 Å². The Kier molecular flexibility index (Phi) is 14.1. The molecule has 31 heavy (non-hydrogen) atoms. The standard InChI is InChI=1S/C29H48N2/c1-3-5-6-7-8-9-10-11-12-13-14-15-19-22-29(31-24-23-30-26-31)28(4-2)25-27-20-17-16-18-21-27/h16-18,20-21,23-24,26,28-29H,3-15,19,22,25H2,1-2H3. The van der Waals surface area contributed by atoms with Crippen molar-refractivity contribution in [3.05, 3.63) is 54.6 Å². The Morgan fingerprint density at radius 2 is 1.32 bits per heavy atom. The summed E-state index contributed by atoms with van der Waals surface area (Å²) in [6.07, 6.45) is 28.3. The van der Waals surface area contributed by atoms with Crippen LogP contribution in [0, 0.1) is 5.92 Å². The molecule has 0 N–H and O–H groups in total. The Bertz CT molecular complexity index is 619. The van der Waals surface area contributed by atoms with E-state index in [1.165, 1.54) is 108 Å². The molecule has 1 aromatic carbocycles. The number of nitrogens with zero attached hydrogens (tertiary/aromatic N) is 2. The topological polar surface area (TPSA) is 17.8 Å². The highest BCUT2D eigenvalue weighted by molar-refractivity contribution is 5.15. The second kappa shape index (κ2) is 17.0. The molecular formula is C29H48N2. The van der Waals surface area contributed by atoms with Gasteiger partial charge < -0.3 is 4.57 Å². The van der Waals surface area contributed by atoms with Crippen LogP contribution in [0.3, 0.4) is 0 Å². The average Bonchev–Trinajstić information content (AvgIpc) is 3.33. The van der Waals surface area contributed by atoms with E-state index in [1.54, 1.807) is 0 Å². The van der Waals surface area contributed by atoms with E-state index in [0.717, 1.165) is 0 Å². The molecule has 174 valence electrons. The first-order valence-electron chi connectivity index (χ1n) is 13.4. The first-order chi connectivity index (χ1) is 15.3. The molecule has 0 spiro atoms. The van der Waals surface area contributed by atoms with Crippen LogP contribution in [-0.2, 0) is 6.42 Å².